The number of rotatable bonds is 3. The van der Waals surface area contributed by atoms with Crippen molar-refractivity contribution in [1.82, 2.24) is 5.32 Å². The van der Waals surface area contributed by atoms with Crippen LogP contribution in [0.2, 0.25) is 0 Å². The van der Waals surface area contributed by atoms with E-state index in [0.29, 0.717) is 6.04 Å². The summed E-state index contributed by atoms with van der Waals surface area (Å²) in [6.45, 7) is 2.72. The van der Waals surface area contributed by atoms with Crippen LogP contribution in [0.3, 0.4) is 0 Å². The van der Waals surface area contributed by atoms with Gasteiger partial charge in [0.05, 0.1) is 6.10 Å². The molecule has 0 atom stereocenters. The van der Waals surface area contributed by atoms with Gasteiger partial charge in [-0.3, -0.25) is 0 Å². The van der Waals surface area contributed by atoms with E-state index in [-0.39, 0.29) is 11.9 Å². The predicted molar refractivity (Wildman–Crippen MR) is 66.2 cm³/mol. The van der Waals surface area contributed by atoms with Crippen molar-refractivity contribution in [3.8, 4) is 0 Å². The monoisotopic (exact) mass is 237 g/mol. The minimum Gasteiger partial charge on any atom is -0.393 e. The molecule has 0 aliphatic heterocycles. The van der Waals surface area contributed by atoms with E-state index < -0.39 is 0 Å². The fraction of sp³-hybridized carbons (Fsp3) is 0.571. The largest absolute Gasteiger partial charge is 0.393 e. The molecule has 1 fully saturated rings. The van der Waals surface area contributed by atoms with Crippen LogP contribution >= 0.6 is 0 Å². The Hall–Kier alpha value is -0.930. The zero-order chi connectivity index (χ0) is 12.3. The van der Waals surface area contributed by atoms with Crippen molar-refractivity contribution in [2.75, 3.05) is 0 Å². The van der Waals surface area contributed by atoms with E-state index in [2.05, 4.69) is 5.32 Å². The lowest BCUT2D eigenvalue weighted by atomic mass is 9.93. The van der Waals surface area contributed by atoms with Gasteiger partial charge in [-0.15, -0.1) is 0 Å². The number of hydrogen-bond donors (Lipinski definition) is 2. The Balaban J connectivity index is 1.85. The molecule has 1 saturated carbocycles. The van der Waals surface area contributed by atoms with E-state index in [1.807, 2.05) is 13.0 Å². The molecule has 1 aromatic rings. The lowest BCUT2D eigenvalue weighted by Crippen LogP contribution is -2.34. The smallest absolute Gasteiger partial charge is 0.123 e. The summed E-state index contributed by atoms with van der Waals surface area (Å²) >= 11 is 0. The first-order valence-corrected chi connectivity index (χ1v) is 6.31. The standard InChI is InChI=1S/C14H20FNO/c1-10-8-12(15)3-2-11(10)9-16-13-4-6-14(17)7-5-13/h2-3,8,13-14,16-17H,4-7,9H2,1H3. The summed E-state index contributed by atoms with van der Waals surface area (Å²) in [5.74, 6) is -0.174. The maximum atomic E-state index is 12.9. The summed E-state index contributed by atoms with van der Waals surface area (Å²) in [4.78, 5) is 0. The van der Waals surface area contributed by atoms with E-state index in [4.69, 9.17) is 0 Å². The average molecular weight is 237 g/mol. The van der Waals surface area contributed by atoms with Crippen LogP contribution < -0.4 is 5.32 Å². The molecule has 0 unspecified atom stereocenters. The van der Waals surface area contributed by atoms with Crippen molar-refractivity contribution < 1.29 is 9.50 Å². The molecule has 2 nitrogen and oxygen atoms in total. The van der Waals surface area contributed by atoms with Gasteiger partial charge in [-0.05, 0) is 55.9 Å². The first-order chi connectivity index (χ1) is 8.15. The Morgan fingerprint density at radius 3 is 2.65 bits per heavy atom. The summed E-state index contributed by atoms with van der Waals surface area (Å²) in [6, 6.07) is 5.41. The van der Waals surface area contributed by atoms with Gasteiger partial charge in [0.15, 0.2) is 0 Å². The second-order valence-corrected chi connectivity index (χ2v) is 4.96. The van der Waals surface area contributed by atoms with Gasteiger partial charge in [-0.25, -0.2) is 4.39 Å². The SMILES string of the molecule is Cc1cc(F)ccc1CNC1CCC(O)CC1. The molecule has 0 radical (unpaired) electrons. The van der Waals surface area contributed by atoms with Gasteiger partial charge in [0, 0.05) is 12.6 Å². The highest BCUT2D eigenvalue weighted by Gasteiger charge is 2.18. The van der Waals surface area contributed by atoms with E-state index in [1.54, 1.807) is 6.07 Å². The van der Waals surface area contributed by atoms with Crippen LogP contribution in [0.25, 0.3) is 0 Å². The number of nitrogens with one attached hydrogen (secondary N) is 1. The van der Waals surface area contributed by atoms with Crippen LogP contribution in [-0.2, 0) is 6.54 Å². The molecular formula is C14H20FNO. The minimum absolute atomic E-state index is 0.111. The molecule has 1 aromatic carbocycles. The third kappa shape index (κ3) is 3.51. The van der Waals surface area contributed by atoms with E-state index in [9.17, 15) is 9.50 Å². The first kappa shape index (κ1) is 12.5. The van der Waals surface area contributed by atoms with Gasteiger partial charge in [0.25, 0.3) is 0 Å². The molecule has 2 N–H and O–H groups in total. The lowest BCUT2D eigenvalue weighted by molar-refractivity contribution is 0.116. The van der Waals surface area contributed by atoms with Crippen LogP contribution in [-0.4, -0.2) is 17.3 Å². The van der Waals surface area contributed by atoms with Crippen molar-refractivity contribution in [3.05, 3.63) is 35.1 Å². The summed E-state index contributed by atoms with van der Waals surface area (Å²) in [5, 5.41) is 12.9. The minimum atomic E-state index is -0.174. The predicted octanol–water partition coefficient (Wildman–Crippen LogP) is 2.53. The fourth-order valence-electron chi connectivity index (χ4n) is 2.39. The quantitative estimate of drug-likeness (QED) is 0.846. The number of aliphatic hydroxyl groups is 1. The van der Waals surface area contributed by atoms with Crippen LogP contribution in [0, 0.1) is 12.7 Å². The average Bonchev–Trinajstić information content (AvgIpc) is 2.30. The van der Waals surface area contributed by atoms with Crippen LogP contribution in [0.15, 0.2) is 18.2 Å². The molecule has 0 heterocycles. The van der Waals surface area contributed by atoms with Gasteiger partial charge in [0.1, 0.15) is 5.82 Å². The summed E-state index contributed by atoms with van der Waals surface area (Å²) in [6.07, 6.45) is 3.73. The van der Waals surface area contributed by atoms with Crippen molar-refractivity contribution in [2.45, 2.75) is 51.3 Å². The molecule has 94 valence electrons. The van der Waals surface area contributed by atoms with Crippen LogP contribution in [0.4, 0.5) is 4.39 Å². The van der Waals surface area contributed by atoms with Gasteiger partial charge in [0.2, 0.25) is 0 Å². The Kier molecular flexibility index (Phi) is 4.13. The molecule has 0 aromatic heterocycles. The summed E-state index contributed by atoms with van der Waals surface area (Å²) in [7, 11) is 0. The normalized spacial score (nSPS) is 24.9. The number of hydrogen-bond acceptors (Lipinski definition) is 2. The fourth-order valence-corrected chi connectivity index (χ4v) is 2.39. The molecular weight excluding hydrogens is 217 g/mol. The first-order valence-electron chi connectivity index (χ1n) is 6.31. The van der Waals surface area contributed by atoms with Gasteiger partial charge in [-0.2, -0.15) is 0 Å². The van der Waals surface area contributed by atoms with Crippen LogP contribution in [0.5, 0.6) is 0 Å². The highest BCUT2D eigenvalue weighted by molar-refractivity contribution is 5.26. The molecule has 1 aliphatic carbocycles. The number of aliphatic hydroxyl groups excluding tert-OH is 1. The Labute approximate surface area is 102 Å². The highest BCUT2D eigenvalue weighted by atomic mass is 19.1. The third-order valence-electron chi connectivity index (χ3n) is 3.58. The maximum absolute atomic E-state index is 12.9. The molecule has 3 heteroatoms. The van der Waals surface area contributed by atoms with Crippen molar-refractivity contribution in [3.63, 3.8) is 0 Å². The molecule has 0 bridgehead atoms. The Morgan fingerprint density at radius 1 is 1.29 bits per heavy atom. The third-order valence-corrected chi connectivity index (χ3v) is 3.58. The van der Waals surface area contributed by atoms with Gasteiger partial charge in [-0.1, -0.05) is 6.07 Å². The number of benzene rings is 1. The number of aryl methyl sites for hydroxylation is 1. The zero-order valence-corrected chi connectivity index (χ0v) is 10.2. The summed E-state index contributed by atoms with van der Waals surface area (Å²) in [5.41, 5.74) is 2.14. The molecule has 0 saturated heterocycles. The van der Waals surface area contributed by atoms with Gasteiger partial charge < -0.3 is 10.4 Å². The molecule has 0 spiro atoms. The second-order valence-electron chi connectivity index (χ2n) is 4.96. The highest BCUT2D eigenvalue weighted by Crippen LogP contribution is 2.19. The summed E-state index contributed by atoms with van der Waals surface area (Å²) < 4.78 is 12.9. The topological polar surface area (TPSA) is 32.3 Å². The molecule has 1 aliphatic rings. The molecule has 17 heavy (non-hydrogen) atoms. The van der Waals surface area contributed by atoms with E-state index in [1.165, 1.54) is 6.07 Å². The van der Waals surface area contributed by atoms with Crippen molar-refractivity contribution >= 4 is 0 Å². The van der Waals surface area contributed by atoms with Crippen molar-refractivity contribution in [1.29, 1.82) is 0 Å². The van der Waals surface area contributed by atoms with E-state index >= 15 is 0 Å². The molecule has 2 rings (SSSR count). The number of halogens is 1. The van der Waals surface area contributed by atoms with Crippen LogP contribution in [0.1, 0.15) is 36.8 Å². The maximum Gasteiger partial charge on any atom is 0.123 e. The van der Waals surface area contributed by atoms with Crippen molar-refractivity contribution in [2.24, 2.45) is 0 Å². The molecule has 0 amide bonds. The Morgan fingerprint density at radius 2 is 2.00 bits per heavy atom. The van der Waals surface area contributed by atoms with E-state index in [0.717, 1.165) is 43.4 Å². The Bertz CT molecular complexity index is 372. The lowest BCUT2D eigenvalue weighted by Gasteiger charge is -2.26. The van der Waals surface area contributed by atoms with Gasteiger partial charge >= 0.3 is 0 Å². The zero-order valence-electron chi connectivity index (χ0n) is 10.2. The second kappa shape index (κ2) is 5.61.